The molecule has 1 heterocycles. The van der Waals surface area contributed by atoms with Crippen molar-refractivity contribution >= 4 is 5.78 Å². The normalized spacial score (nSPS) is 22.5. The molecular formula is C9H13N3O. The van der Waals surface area contributed by atoms with Crippen molar-refractivity contribution in [2.24, 2.45) is 13.0 Å². The van der Waals surface area contributed by atoms with Gasteiger partial charge in [-0.2, -0.15) is 5.10 Å². The third kappa shape index (κ3) is 1.61. The predicted molar refractivity (Wildman–Crippen MR) is 47.1 cm³/mol. The van der Waals surface area contributed by atoms with Gasteiger partial charge in [0.15, 0.2) is 0 Å². The molecule has 13 heavy (non-hydrogen) atoms. The Labute approximate surface area is 77.0 Å². The minimum absolute atomic E-state index is 0.197. The highest BCUT2D eigenvalue weighted by molar-refractivity contribution is 5.82. The third-order valence-corrected chi connectivity index (χ3v) is 2.67. The summed E-state index contributed by atoms with van der Waals surface area (Å²) in [5.74, 6) is 1.51. The molecule has 0 amide bonds. The van der Waals surface area contributed by atoms with Gasteiger partial charge >= 0.3 is 0 Å². The molecule has 0 spiro atoms. The summed E-state index contributed by atoms with van der Waals surface area (Å²) in [4.78, 5) is 15.5. The summed E-state index contributed by atoms with van der Waals surface area (Å²) in [5, 5.41) is 3.98. The topological polar surface area (TPSA) is 47.8 Å². The first kappa shape index (κ1) is 8.41. The number of carbonyl (C=O) groups excluding carboxylic acids is 1. The quantitative estimate of drug-likeness (QED) is 0.672. The summed E-state index contributed by atoms with van der Waals surface area (Å²) in [7, 11) is 1.86. The monoisotopic (exact) mass is 179 g/mol. The molecule has 2 rings (SSSR count). The lowest BCUT2D eigenvalue weighted by Gasteiger charge is -2.05. The van der Waals surface area contributed by atoms with Crippen molar-refractivity contribution in [1.82, 2.24) is 14.8 Å². The van der Waals surface area contributed by atoms with Crippen molar-refractivity contribution in [2.75, 3.05) is 0 Å². The van der Waals surface area contributed by atoms with Gasteiger partial charge in [0.25, 0.3) is 0 Å². The van der Waals surface area contributed by atoms with Gasteiger partial charge in [-0.3, -0.25) is 9.48 Å². The molecule has 0 N–H and O–H groups in total. The molecule has 0 radical (unpaired) electrons. The molecule has 70 valence electrons. The van der Waals surface area contributed by atoms with E-state index in [-0.39, 0.29) is 5.92 Å². The maximum absolute atomic E-state index is 11.4. The van der Waals surface area contributed by atoms with Gasteiger partial charge in [-0.1, -0.05) is 0 Å². The van der Waals surface area contributed by atoms with Crippen molar-refractivity contribution in [3.8, 4) is 0 Å². The minimum Gasteiger partial charge on any atom is -0.299 e. The van der Waals surface area contributed by atoms with E-state index in [1.54, 1.807) is 4.68 Å². The van der Waals surface area contributed by atoms with Gasteiger partial charge in [-0.15, -0.1) is 0 Å². The summed E-state index contributed by atoms with van der Waals surface area (Å²) in [6, 6.07) is 0. The SMILES string of the molecule is Cn1ncnc1CC1CCCC1=O. The molecule has 0 saturated heterocycles. The first-order chi connectivity index (χ1) is 6.27. The second-order valence-electron chi connectivity index (χ2n) is 3.56. The Hall–Kier alpha value is -1.19. The molecule has 1 unspecified atom stereocenters. The molecule has 0 aliphatic heterocycles. The highest BCUT2D eigenvalue weighted by Gasteiger charge is 2.25. The number of nitrogens with zero attached hydrogens (tertiary/aromatic N) is 3. The van der Waals surface area contributed by atoms with Crippen LogP contribution in [0.2, 0.25) is 0 Å². The number of hydrogen-bond donors (Lipinski definition) is 0. The highest BCUT2D eigenvalue weighted by atomic mass is 16.1. The second-order valence-corrected chi connectivity index (χ2v) is 3.56. The number of rotatable bonds is 2. The van der Waals surface area contributed by atoms with Gasteiger partial charge in [0.05, 0.1) is 0 Å². The van der Waals surface area contributed by atoms with Crippen LogP contribution in [-0.2, 0) is 18.3 Å². The number of Topliss-reactive ketones (excluding diaryl/α,β-unsaturated/α-hetero) is 1. The molecule has 1 aliphatic rings. The van der Waals surface area contributed by atoms with Gasteiger partial charge in [0.2, 0.25) is 0 Å². The summed E-state index contributed by atoms with van der Waals surface area (Å²) in [6.45, 7) is 0. The maximum Gasteiger partial charge on any atom is 0.138 e. The first-order valence-electron chi connectivity index (χ1n) is 4.63. The zero-order valence-corrected chi connectivity index (χ0v) is 7.73. The number of ketones is 1. The predicted octanol–water partition coefficient (Wildman–Crippen LogP) is 0.727. The van der Waals surface area contributed by atoms with E-state index in [1.807, 2.05) is 7.05 Å². The molecule has 1 fully saturated rings. The molecule has 1 atom stereocenters. The van der Waals surface area contributed by atoms with Crippen LogP contribution in [-0.4, -0.2) is 20.5 Å². The zero-order chi connectivity index (χ0) is 9.26. The van der Waals surface area contributed by atoms with Crippen LogP contribution in [0.3, 0.4) is 0 Å². The number of aromatic nitrogens is 3. The lowest BCUT2D eigenvalue weighted by molar-refractivity contribution is -0.120. The highest BCUT2D eigenvalue weighted by Crippen LogP contribution is 2.23. The average Bonchev–Trinajstić information content (AvgIpc) is 2.65. The van der Waals surface area contributed by atoms with Crippen LogP contribution >= 0.6 is 0 Å². The summed E-state index contributed by atoms with van der Waals surface area (Å²) in [6.07, 6.45) is 5.11. The Morgan fingerprint density at radius 1 is 1.69 bits per heavy atom. The summed E-state index contributed by atoms with van der Waals surface area (Å²) >= 11 is 0. The number of aryl methyl sites for hydroxylation is 1. The van der Waals surface area contributed by atoms with Crippen LogP contribution in [0, 0.1) is 5.92 Å². The number of carbonyl (C=O) groups is 1. The molecular weight excluding hydrogens is 166 g/mol. The van der Waals surface area contributed by atoms with E-state index in [9.17, 15) is 4.79 Å². The molecule has 1 aromatic rings. The van der Waals surface area contributed by atoms with Crippen LogP contribution in [0.5, 0.6) is 0 Å². The Balaban J connectivity index is 2.06. The lowest BCUT2D eigenvalue weighted by Crippen LogP contribution is -2.13. The molecule has 1 aromatic heterocycles. The zero-order valence-electron chi connectivity index (χ0n) is 7.73. The lowest BCUT2D eigenvalue weighted by atomic mass is 10.0. The minimum atomic E-state index is 0.197. The Bertz CT molecular complexity index is 318. The van der Waals surface area contributed by atoms with E-state index in [1.165, 1.54) is 6.33 Å². The van der Waals surface area contributed by atoms with Gasteiger partial charge < -0.3 is 0 Å². The van der Waals surface area contributed by atoms with Crippen molar-refractivity contribution < 1.29 is 4.79 Å². The van der Waals surface area contributed by atoms with E-state index in [0.717, 1.165) is 31.5 Å². The Morgan fingerprint density at radius 2 is 2.54 bits per heavy atom. The number of hydrogen-bond acceptors (Lipinski definition) is 3. The first-order valence-corrected chi connectivity index (χ1v) is 4.63. The molecule has 0 aromatic carbocycles. The van der Waals surface area contributed by atoms with Gasteiger partial charge in [0.1, 0.15) is 17.9 Å². The van der Waals surface area contributed by atoms with Crippen LogP contribution in [0.25, 0.3) is 0 Å². The van der Waals surface area contributed by atoms with E-state index < -0.39 is 0 Å². The summed E-state index contributed by atoms with van der Waals surface area (Å²) < 4.78 is 1.74. The van der Waals surface area contributed by atoms with E-state index in [2.05, 4.69) is 10.1 Å². The van der Waals surface area contributed by atoms with Crippen LogP contribution in [0.15, 0.2) is 6.33 Å². The fourth-order valence-electron chi connectivity index (χ4n) is 1.83. The Morgan fingerprint density at radius 3 is 3.08 bits per heavy atom. The smallest absolute Gasteiger partial charge is 0.138 e. The fraction of sp³-hybridized carbons (Fsp3) is 0.667. The van der Waals surface area contributed by atoms with E-state index in [4.69, 9.17) is 0 Å². The second kappa shape index (κ2) is 3.28. The largest absolute Gasteiger partial charge is 0.299 e. The van der Waals surface area contributed by atoms with Crippen molar-refractivity contribution in [3.05, 3.63) is 12.2 Å². The average molecular weight is 179 g/mol. The van der Waals surface area contributed by atoms with Crippen molar-refractivity contribution in [3.63, 3.8) is 0 Å². The third-order valence-electron chi connectivity index (χ3n) is 2.67. The molecule has 4 heteroatoms. The molecule has 4 nitrogen and oxygen atoms in total. The van der Waals surface area contributed by atoms with Crippen molar-refractivity contribution in [2.45, 2.75) is 25.7 Å². The maximum atomic E-state index is 11.4. The van der Waals surface area contributed by atoms with Crippen molar-refractivity contribution in [1.29, 1.82) is 0 Å². The fourth-order valence-corrected chi connectivity index (χ4v) is 1.83. The van der Waals surface area contributed by atoms with Gasteiger partial charge in [-0.25, -0.2) is 4.98 Å². The van der Waals surface area contributed by atoms with Gasteiger partial charge in [-0.05, 0) is 12.8 Å². The van der Waals surface area contributed by atoms with E-state index in [0.29, 0.717) is 5.78 Å². The molecule has 1 aliphatic carbocycles. The van der Waals surface area contributed by atoms with E-state index >= 15 is 0 Å². The standard InChI is InChI=1S/C9H13N3O/c1-12-9(10-6-11-12)5-7-3-2-4-8(7)13/h6-7H,2-5H2,1H3. The van der Waals surface area contributed by atoms with Crippen LogP contribution in [0.1, 0.15) is 25.1 Å². The van der Waals surface area contributed by atoms with Crippen LogP contribution in [0.4, 0.5) is 0 Å². The molecule has 1 saturated carbocycles. The molecule has 0 bridgehead atoms. The Kier molecular flexibility index (Phi) is 2.12. The van der Waals surface area contributed by atoms with Gasteiger partial charge in [0, 0.05) is 25.8 Å². The summed E-state index contributed by atoms with van der Waals surface area (Å²) in [5.41, 5.74) is 0. The van der Waals surface area contributed by atoms with Crippen LogP contribution < -0.4 is 0 Å².